The largest absolute Gasteiger partial charge is 0.375 e. The van der Waals surface area contributed by atoms with Crippen LogP contribution < -0.4 is 0 Å². The molecule has 0 saturated heterocycles. The fourth-order valence-electron chi connectivity index (χ4n) is 0.476. The molecule has 0 aromatic rings. The molecule has 0 unspecified atom stereocenters. The number of rotatable bonds is 1. The van der Waals surface area contributed by atoms with Gasteiger partial charge in [-0.15, -0.1) is 0 Å². The van der Waals surface area contributed by atoms with Crippen molar-refractivity contribution in [1.82, 2.24) is 5.23 Å². The van der Waals surface area contributed by atoms with Gasteiger partial charge in [0.25, 0.3) is 0 Å². The molecule has 1 rings (SSSR count). The predicted octanol–water partition coefficient (Wildman–Crippen LogP) is 1.05. The average Bonchev–Trinajstić information content (AvgIpc) is 2.14. The maximum absolute atomic E-state index is 4.98. The summed E-state index contributed by atoms with van der Waals surface area (Å²) in [5.74, 6) is 0.798. The number of nitrogens with zero attached hydrogens (tertiary/aromatic N) is 1. The van der Waals surface area contributed by atoms with Crippen molar-refractivity contribution < 1.29 is 9.68 Å². The third kappa shape index (κ3) is 0.924. The summed E-state index contributed by atoms with van der Waals surface area (Å²) < 4.78 is 0. The first-order valence-corrected chi connectivity index (χ1v) is 2.62. The van der Waals surface area contributed by atoms with Crippen molar-refractivity contribution >= 4 is 0 Å². The SMILES string of the molecule is CCN1OC=C(C)O1. The lowest BCUT2D eigenvalue weighted by atomic mass is 10.7. The Hall–Kier alpha value is -0.700. The molecule has 3 nitrogen and oxygen atoms in total. The number of allylic oxidation sites excluding steroid dienone is 1. The van der Waals surface area contributed by atoms with Crippen LogP contribution >= 0.6 is 0 Å². The first-order valence-electron chi connectivity index (χ1n) is 2.62. The summed E-state index contributed by atoms with van der Waals surface area (Å²) in [4.78, 5) is 9.85. The molecule has 1 aliphatic rings. The van der Waals surface area contributed by atoms with Gasteiger partial charge in [-0.3, -0.25) is 0 Å². The zero-order valence-corrected chi connectivity index (χ0v) is 5.05. The van der Waals surface area contributed by atoms with E-state index in [-0.39, 0.29) is 0 Å². The van der Waals surface area contributed by atoms with Gasteiger partial charge in [-0.25, -0.2) is 0 Å². The Bertz CT molecular complexity index is 111. The summed E-state index contributed by atoms with van der Waals surface area (Å²) in [5.41, 5.74) is 0. The lowest BCUT2D eigenvalue weighted by Gasteiger charge is -2.08. The van der Waals surface area contributed by atoms with Crippen LogP contribution in [0.4, 0.5) is 0 Å². The summed E-state index contributed by atoms with van der Waals surface area (Å²) in [7, 11) is 0. The maximum atomic E-state index is 4.98. The van der Waals surface area contributed by atoms with E-state index in [1.165, 1.54) is 5.23 Å². The van der Waals surface area contributed by atoms with E-state index >= 15 is 0 Å². The van der Waals surface area contributed by atoms with E-state index in [1.807, 2.05) is 13.8 Å². The Morgan fingerprint density at radius 1 is 1.75 bits per heavy atom. The lowest BCUT2D eigenvalue weighted by molar-refractivity contribution is -0.286. The van der Waals surface area contributed by atoms with E-state index in [0.717, 1.165) is 12.3 Å². The fraction of sp³-hybridized carbons (Fsp3) is 0.600. The molecule has 3 heteroatoms. The van der Waals surface area contributed by atoms with Crippen molar-refractivity contribution in [3.63, 3.8) is 0 Å². The minimum absolute atomic E-state index is 0.744. The minimum Gasteiger partial charge on any atom is -0.375 e. The van der Waals surface area contributed by atoms with E-state index in [9.17, 15) is 0 Å². The van der Waals surface area contributed by atoms with Gasteiger partial charge in [-0.05, 0) is 13.8 Å². The predicted molar refractivity (Wildman–Crippen MR) is 28.3 cm³/mol. The summed E-state index contributed by atoms with van der Waals surface area (Å²) in [5, 5.41) is 1.41. The van der Waals surface area contributed by atoms with Crippen LogP contribution in [0.5, 0.6) is 0 Å². The van der Waals surface area contributed by atoms with Crippen LogP contribution in [0.15, 0.2) is 12.0 Å². The van der Waals surface area contributed by atoms with Crippen LogP contribution in [0.25, 0.3) is 0 Å². The van der Waals surface area contributed by atoms with Gasteiger partial charge in [0.05, 0.1) is 6.54 Å². The summed E-state index contributed by atoms with van der Waals surface area (Å²) >= 11 is 0. The van der Waals surface area contributed by atoms with Gasteiger partial charge in [0.15, 0.2) is 12.0 Å². The second-order valence-corrected chi connectivity index (χ2v) is 1.57. The molecule has 46 valence electrons. The van der Waals surface area contributed by atoms with Gasteiger partial charge in [-0.1, -0.05) is 0 Å². The molecule has 1 aliphatic heterocycles. The van der Waals surface area contributed by atoms with Crippen molar-refractivity contribution in [2.75, 3.05) is 6.54 Å². The molecule has 1 heterocycles. The van der Waals surface area contributed by atoms with Crippen molar-refractivity contribution in [2.24, 2.45) is 0 Å². The Balaban J connectivity index is 2.32. The first kappa shape index (κ1) is 5.44. The third-order valence-corrected chi connectivity index (χ3v) is 0.840. The molecule has 0 fully saturated rings. The second kappa shape index (κ2) is 2.05. The molecule has 0 N–H and O–H groups in total. The van der Waals surface area contributed by atoms with E-state index < -0.39 is 0 Å². The normalized spacial score (nSPS) is 19.5. The van der Waals surface area contributed by atoms with Crippen LogP contribution in [0.2, 0.25) is 0 Å². The van der Waals surface area contributed by atoms with E-state index in [4.69, 9.17) is 9.68 Å². The van der Waals surface area contributed by atoms with Gasteiger partial charge in [0.1, 0.15) is 0 Å². The zero-order valence-electron chi connectivity index (χ0n) is 5.05. The fourth-order valence-corrected chi connectivity index (χ4v) is 0.476. The molecule has 0 amide bonds. The van der Waals surface area contributed by atoms with Crippen LogP contribution in [0.3, 0.4) is 0 Å². The third-order valence-electron chi connectivity index (χ3n) is 0.840. The highest BCUT2D eigenvalue weighted by Gasteiger charge is 2.09. The molecular formula is C5H9NO2. The van der Waals surface area contributed by atoms with Gasteiger partial charge >= 0.3 is 0 Å². The monoisotopic (exact) mass is 115 g/mol. The molecule has 8 heavy (non-hydrogen) atoms. The van der Waals surface area contributed by atoms with Crippen LogP contribution in [-0.4, -0.2) is 11.8 Å². The highest BCUT2D eigenvalue weighted by molar-refractivity contribution is 4.82. The molecule has 0 radical (unpaired) electrons. The van der Waals surface area contributed by atoms with Gasteiger partial charge in [0, 0.05) is 5.23 Å². The molecule has 0 aromatic carbocycles. The Kier molecular flexibility index (Phi) is 1.39. The highest BCUT2D eigenvalue weighted by atomic mass is 17.0. The molecule has 0 bridgehead atoms. The average molecular weight is 115 g/mol. The Morgan fingerprint density at radius 3 is 2.75 bits per heavy atom. The molecule has 0 atom stereocenters. The zero-order chi connectivity index (χ0) is 5.98. The first-order chi connectivity index (χ1) is 3.83. The smallest absolute Gasteiger partial charge is 0.162 e. The van der Waals surface area contributed by atoms with E-state index in [1.54, 1.807) is 6.26 Å². The Morgan fingerprint density at radius 2 is 2.50 bits per heavy atom. The van der Waals surface area contributed by atoms with Crippen molar-refractivity contribution in [3.05, 3.63) is 12.0 Å². The van der Waals surface area contributed by atoms with Crippen LogP contribution in [0.1, 0.15) is 13.8 Å². The second-order valence-electron chi connectivity index (χ2n) is 1.57. The summed E-state index contributed by atoms with van der Waals surface area (Å²) in [6.45, 7) is 4.54. The standard InChI is InChI=1S/C5H9NO2/c1-3-6-7-4-5(2)8-6/h4H,3H2,1-2H3. The molecular weight excluding hydrogens is 106 g/mol. The van der Waals surface area contributed by atoms with Crippen molar-refractivity contribution in [2.45, 2.75) is 13.8 Å². The Labute approximate surface area is 48.4 Å². The van der Waals surface area contributed by atoms with Crippen molar-refractivity contribution in [1.29, 1.82) is 0 Å². The molecule has 0 aromatic heterocycles. The topological polar surface area (TPSA) is 21.7 Å². The lowest BCUT2D eigenvalue weighted by Crippen LogP contribution is -2.15. The van der Waals surface area contributed by atoms with E-state index in [2.05, 4.69) is 0 Å². The van der Waals surface area contributed by atoms with Crippen molar-refractivity contribution in [3.8, 4) is 0 Å². The number of hydroxylamine groups is 2. The summed E-state index contributed by atoms with van der Waals surface area (Å²) in [6.07, 6.45) is 1.57. The van der Waals surface area contributed by atoms with Gasteiger partial charge in [-0.2, -0.15) is 0 Å². The van der Waals surface area contributed by atoms with Crippen LogP contribution in [0, 0.1) is 0 Å². The van der Waals surface area contributed by atoms with Gasteiger partial charge < -0.3 is 9.68 Å². The van der Waals surface area contributed by atoms with Crippen LogP contribution in [-0.2, 0) is 9.68 Å². The molecule has 0 spiro atoms. The highest BCUT2D eigenvalue weighted by Crippen LogP contribution is 2.09. The quantitative estimate of drug-likeness (QED) is 0.509. The molecule has 0 saturated carbocycles. The minimum atomic E-state index is 0.744. The molecule has 0 aliphatic carbocycles. The van der Waals surface area contributed by atoms with E-state index in [0.29, 0.717) is 0 Å². The number of hydrogen-bond donors (Lipinski definition) is 0. The van der Waals surface area contributed by atoms with Gasteiger partial charge in [0.2, 0.25) is 0 Å². The number of hydrogen-bond acceptors (Lipinski definition) is 3. The maximum Gasteiger partial charge on any atom is 0.162 e. The summed E-state index contributed by atoms with van der Waals surface area (Å²) in [6, 6.07) is 0.